The zero-order valence-corrected chi connectivity index (χ0v) is 25.4. The van der Waals surface area contributed by atoms with E-state index in [9.17, 15) is 46.0 Å². The topological polar surface area (TPSA) is 256 Å². The molecule has 4 fully saturated rings. The van der Waals surface area contributed by atoms with Gasteiger partial charge in [-0.25, -0.2) is 0 Å². The summed E-state index contributed by atoms with van der Waals surface area (Å²) in [4.78, 5) is 0. The van der Waals surface area contributed by atoms with Crippen molar-refractivity contribution in [1.29, 1.82) is 0 Å². The van der Waals surface area contributed by atoms with Crippen molar-refractivity contribution in [2.45, 2.75) is 170 Å². The summed E-state index contributed by atoms with van der Waals surface area (Å²) in [5.74, 6) is 0. The van der Waals surface area contributed by atoms with Gasteiger partial charge in [-0.15, -0.1) is 0 Å². The molecule has 17 nitrogen and oxygen atoms in total. The van der Waals surface area contributed by atoms with Gasteiger partial charge in [0.2, 0.25) is 0 Å². The predicted octanol–water partition coefficient (Wildman–Crippen LogP) is -4.21. The van der Waals surface area contributed by atoms with Gasteiger partial charge in [-0.2, -0.15) is 0 Å². The zero-order valence-electron chi connectivity index (χ0n) is 25.4. The van der Waals surface area contributed by atoms with Crippen LogP contribution in [0.2, 0.25) is 0 Å². The smallest absolute Gasteiger partial charge is 0.187 e. The van der Waals surface area contributed by atoms with Gasteiger partial charge >= 0.3 is 0 Å². The third-order valence-electron chi connectivity index (χ3n) is 8.45. The van der Waals surface area contributed by atoms with Crippen LogP contribution in [0.5, 0.6) is 0 Å². The first-order chi connectivity index (χ1) is 20.5. The molecule has 0 saturated carbocycles. The Kier molecular flexibility index (Phi) is 12.0. The van der Waals surface area contributed by atoms with Crippen LogP contribution >= 0.6 is 0 Å². The molecule has 0 aliphatic carbocycles. The van der Waals surface area contributed by atoms with Gasteiger partial charge < -0.3 is 83.9 Å². The Bertz CT molecular complexity index is 914. The Labute approximate surface area is 254 Å². The summed E-state index contributed by atoms with van der Waals surface area (Å²) in [7, 11) is 0. The lowest BCUT2D eigenvalue weighted by molar-refractivity contribution is -0.388. The van der Waals surface area contributed by atoms with Crippen LogP contribution < -0.4 is 0 Å². The second kappa shape index (κ2) is 14.6. The Morgan fingerprint density at radius 3 is 1.25 bits per heavy atom. The fraction of sp³-hybridized carbons (Fsp3) is 1.00. The quantitative estimate of drug-likeness (QED) is 0.121. The SMILES string of the molecule is CC(C)OC1[C@@H](O[C@@H]2C(O)[C@@H](O[C@@H]3C(O)[C@@H](OC4[C@@H](O)[C@H](O)C(C)O[C@@H]4O)OC(C)[C@H]3O)OC(C)[C@H]2O)OC(C)[C@@H](O)[C@@H]1O. The third-order valence-corrected chi connectivity index (χ3v) is 8.45. The standard InChI is InChI=1S/C27H48O17/c1-7(2)37-23-17(33)13(29)9(4)41-27(23)43-21-15(31)11(6)39-25(19(21)35)42-20-14(30)10(5)40-26(18(20)34)44-22-16(32)12(28)8(3)38-24(22)36/h7-36H,1-6H3/t8?,9?,10?,11?,12-,13-,14-,15-,16+,17+,18?,19?,20+,21+,22?,23?,24+,25-,26-,27-/m1/s1. The lowest BCUT2D eigenvalue weighted by Crippen LogP contribution is -2.66. The molecule has 0 aromatic rings. The molecule has 20 atom stereocenters. The lowest BCUT2D eigenvalue weighted by atomic mass is 9.96. The van der Waals surface area contributed by atoms with Crippen molar-refractivity contribution >= 4 is 0 Å². The van der Waals surface area contributed by atoms with Crippen molar-refractivity contribution in [2.75, 3.05) is 0 Å². The van der Waals surface area contributed by atoms with E-state index in [1.165, 1.54) is 27.7 Å². The number of ether oxygens (including phenoxy) is 8. The maximum Gasteiger partial charge on any atom is 0.187 e. The second-order valence-electron chi connectivity index (χ2n) is 12.2. The Morgan fingerprint density at radius 2 is 0.773 bits per heavy atom. The minimum atomic E-state index is -1.78. The number of hydrogen-bond donors (Lipinski definition) is 9. The monoisotopic (exact) mass is 644 g/mol. The number of rotatable bonds is 8. The molecule has 8 unspecified atom stereocenters. The minimum Gasteiger partial charge on any atom is -0.388 e. The molecule has 4 aliphatic rings. The number of hydrogen-bond acceptors (Lipinski definition) is 17. The highest BCUT2D eigenvalue weighted by Crippen LogP contribution is 2.34. The van der Waals surface area contributed by atoms with Crippen LogP contribution in [0.15, 0.2) is 0 Å². The Morgan fingerprint density at radius 1 is 0.409 bits per heavy atom. The fourth-order valence-corrected chi connectivity index (χ4v) is 5.74. The van der Waals surface area contributed by atoms with Crippen LogP contribution in [0.3, 0.4) is 0 Å². The molecule has 9 N–H and O–H groups in total. The fourth-order valence-electron chi connectivity index (χ4n) is 5.74. The first-order valence-corrected chi connectivity index (χ1v) is 14.9. The van der Waals surface area contributed by atoms with E-state index in [1.54, 1.807) is 13.8 Å². The summed E-state index contributed by atoms with van der Waals surface area (Å²) in [5, 5.41) is 95.9. The van der Waals surface area contributed by atoms with Crippen LogP contribution in [0.1, 0.15) is 41.5 Å². The molecule has 0 bridgehead atoms. The molecule has 0 aromatic carbocycles. The molecule has 0 spiro atoms. The minimum absolute atomic E-state index is 0.410. The van der Waals surface area contributed by atoms with E-state index >= 15 is 0 Å². The molecule has 4 rings (SSSR count). The van der Waals surface area contributed by atoms with Gasteiger partial charge in [0.1, 0.15) is 73.2 Å². The summed E-state index contributed by atoms with van der Waals surface area (Å²) < 4.78 is 45.2. The van der Waals surface area contributed by atoms with Crippen molar-refractivity contribution in [3.63, 3.8) is 0 Å². The largest absolute Gasteiger partial charge is 0.388 e. The molecular formula is C27H48O17. The van der Waals surface area contributed by atoms with E-state index in [0.29, 0.717) is 0 Å². The molecule has 4 aliphatic heterocycles. The molecule has 258 valence electrons. The number of aliphatic hydroxyl groups is 9. The summed E-state index contributed by atoms with van der Waals surface area (Å²) in [6.07, 6.45) is -28.4. The van der Waals surface area contributed by atoms with Gasteiger partial charge in [0.15, 0.2) is 25.2 Å². The molecule has 4 saturated heterocycles. The van der Waals surface area contributed by atoms with Gasteiger partial charge in [-0.3, -0.25) is 0 Å². The van der Waals surface area contributed by atoms with Crippen LogP contribution in [-0.4, -0.2) is 175 Å². The molecule has 0 radical (unpaired) electrons. The molecule has 0 aromatic heterocycles. The third kappa shape index (κ3) is 7.39. The highest BCUT2D eigenvalue weighted by molar-refractivity contribution is 4.96. The van der Waals surface area contributed by atoms with Crippen molar-refractivity contribution in [1.82, 2.24) is 0 Å². The van der Waals surface area contributed by atoms with Crippen LogP contribution in [0.25, 0.3) is 0 Å². The van der Waals surface area contributed by atoms with E-state index in [-0.39, 0.29) is 0 Å². The average Bonchev–Trinajstić information content (AvgIpc) is 2.96. The molecule has 44 heavy (non-hydrogen) atoms. The number of aliphatic hydroxyl groups excluding tert-OH is 9. The van der Waals surface area contributed by atoms with Crippen LogP contribution in [0, 0.1) is 0 Å². The predicted molar refractivity (Wildman–Crippen MR) is 142 cm³/mol. The van der Waals surface area contributed by atoms with Crippen molar-refractivity contribution in [3.05, 3.63) is 0 Å². The maximum atomic E-state index is 11.2. The van der Waals surface area contributed by atoms with E-state index in [2.05, 4.69) is 0 Å². The van der Waals surface area contributed by atoms with E-state index in [1.807, 2.05) is 0 Å². The highest BCUT2D eigenvalue weighted by atomic mass is 16.8. The lowest BCUT2D eigenvalue weighted by Gasteiger charge is -2.49. The van der Waals surface area contributed by atoms with E-state index in [4.69, 9.17) is 37.9 Å². The zero-order chi connectivity index (χ0) is 32.8. The van der Waals surface area contributed by atoms with E-state index < -0.39 is 129 Å². The van der Waals surface area contributed by atoms with Gasteiger partial charge in [-0.1, -0.05) is 0 Å². The van der Waals surface area contributed by atoms with Crippen molar-refractivity contribution in [2.24, 2.45) is 0 Å². The molecule has 0 amide bonds. The second-order valence-corrected chi connectivity index (χ2v) is 12.2. The van der Waals surface area contributed by atoms with Gasteiger partial charge in [-0.05, 0) is 41.5 Å². The average molecular weight is 645 g/mol. The first kappa shape index (κ1) is 36.2. The summed E-state index contributed by atoms with van der Waals surface area (Å²) in [6.45, 7) is 9.26. The normalized spacial score (nSPS) is 54.0. The summed E-state index contributed by atoms with van der Waals surface area (Å²) in [6, 6.07) is 0. The van der Waals surface area contributed by atoms with Crippen LogP contribution in [-0.2, 0) is 37.9 Å². The Balaban J connectivity index is 1.49. The summed E-state index contributed by atoms with van der Waals surface area (Å²) in [5.41, 5.74) is 0. The summed E-state index contributed by atoms with van der Waals surface area (Å²) >= 11 is 0. The van der Waals surface area contributed by atoms with E-state index in [0.717, 1.165) is 0 Å². The van der Waals surface area contributed by atoms with Gasteiger partial charge in [0.05, 0.1) is 30.5 Å². The molecule has 4 heterocycles. The van der Waals surface area contributed by atoms with Gasteiger partial charge in [0.25, 0.3) is 0 Å². The first-order valence-electron chi connectivity index (χ1n) is 14.9. The maximum absolute atomic E-state index is 11.2. The van der Waals surface area contributed by atoms with Crippen molar-refractivity contribution in [3.8, 4) is 0 Å². The Hall–Kier alpha value is -0.680. The molecule has 17 heteroatoms. The van der Waals surface area contributed by atoms with Crippen molar-refractivity contribution < 1.29 is 83.9 Å². The van der Waals surface area contributed by atoms with Crippen LogP contribution in [0.4, 0.5) is 0 Å². The van der Waals surface area contributed by atoms with Gasteiger partial charge in [0, 0.05) is 0 Å². The molecular weight excluding hydrogens is 596 g/mol. The highest BCUT2D eigenvalue weighted by Gasteiger charge is 2.54.